The summed E-state index contributed by atoms with van der Waals surface area (Å²) in [5, 5.41) is 10.9. The van der Waals surface area contributed by atoms with Crippen molar-refractivity contribution in [2.45, 2.75) is 26.3 Å². The Kier molecular flexibility index (Phi) is 10.1. The summed E-state index contributed by atoms with van der Waals surface area (Å²) in [4.78, 5) is 4.30. The minimum Gasteiger partial charge on any atom is -0.356 e. The Morgan fingerprint density at radius 3 is 2.72 bits per heavy atom. The highest BCUT2D eigenvalue weighted by molar-refractivity contribution is 14.0. The molecular weight excluding hydrogens is 493 g/mol. The minimum absolute atomic E-state index is 0. The quantitative estimate of drug-likeness (QED) is 0.333. The van der Waals surface area contributed by atoms with Crippen molar-refractivity contribution in [1.29, 1.82) is 0 Å². The number of guanidine groups is 1. The lowest BCUT2D eigenvalue weighted by Gasteiger charge is -2.18. The van der Waals surface area contributed by atoms with Crippen LogP contribution in [0.1, 0.15) is 24.5 Å². The Bertz CT molecular complexity index is 671. The van der Waals surface area contributed by atoms with E-state index < -0.39 is 0 Å². The zero-order chi connectivity index (χ0) is 17.4. The van der Waals surface area contributed by atoms with E-state index in [9.17, 15) is 0 Å². The van der Waals surface area contributed by atoms with Crippen LogP contribution in [0.3, 0.4) is 0 Å². The molecule has 0 aliphatic rings. The Labute approximate surface area is 175 Å². The zero-order valence-electron chi connectivity index (χ0n) is 15.0. The van der Waals surface area contributed by atoms with E-state index in [2.05, 4.69) is 67.8 Å². The number of halogens is 2. The maximum Gasteiger partial charge on any atom is 0.191 e. The van der Waals surface area contributed by atoms with Gasteiger partial charge in [-0.15, -0.1) is 24.0 Å². The first kappa shape index (κ1) is 22.0. The van der Waals surface area contributed by atoms with Gasteiger partial charge in [0.1, 0.15) is 0 Å². The molecule has 0 saturated carbocycles. The fraction of sp³-hybridized carbons (Fsp3) is 0.444. The monoisotopic (exact) mass is 519 g/mol. The summed E-state index contributed by atoms with van der Waals surface area (Å²) < 4.78 is 2.94. The molecule has 1 heterocycles. The molecule has 2 N–H and O–H groups in total. The first-order valence-electron chi connectivity index (χ1n) is 8.27. The Morgan fingerprint density at radius 1 is 1.32 bits per heavy atom. The summed E-state index contributed by atoms with van der Waals surface area (Å²) in [6, 6.07) is 8.53. The van der Waals surface area contributed by atoms with Crippen LogP contribution in [-0.2, 0) is 20.0 Å². The van der Waals surface area contributed by atoms with Crippen LogP contribution >= 0.6 is 39.9 Å². The zero-order valence-corrected chi connectivity index (χ0v) is 18.9. The highest BCUT2D eigenvalue weighted by Gasteiger charge is 2.09. The molecular formula is C18H27BrIN5. The molecule has 1 aromatic carbocycles. The summed E-state index contributed by atoms with van der Waals surface area (Å²) in [7, 11) is 3.72. The van der Waals surface area contributed by atoms with Gasteiger partial charge in [0.05, 0.1) is 6.20 Å². The third-order valence-electron chi connectivity index (χ3n) is 3.99. The van der Waals surface area contributed by atoms with Gasteiger partial charge < -0.3 is 10.6 Å². The van der Waals surface area contributed by atoms with E-state index in [4.69, 9.17) is 0 Å². The van der Waals surface area contributed by atoms with Crippen molar-refractivity contribution in [2.24, 2.45) is 18.0 Å². The molecule has 138 valence electrons. The molecule has 0 aliphatic heterocycles. The van der Waals surface area contributed by atoms with Crippen LogP contribution in [0.2, 0.25) is 0 Å². The highest BCUT2D eigenvalue weighted by atomic mass is 127. The number of aliphatic imine (C=N–C) groups is 1. The van der Waals surface area contributed by atoms with Crippen LogP contribution in [-0.4, -0.2) is 29.3 Å². The van der Waals surface area contributed by atoms with Crippen molar-refractivity contribution in [2.75, 3.05) is 13.6 Å². The molecule has 7 heteroatoms. The minimum atomic E-state index is 0. The van der Waals surface area contributed by atoms with Gasteiger partial charge in [-0.3, -0.25) is 9.67 Å². The van der Waals surface area contributed by atoms with E-state index in [0.717, 1.165) is 41.9 Å². The Balaban J connectivity index is 0.00000312. The van der Waals surface area contributed by atoms with Gasteiger partial charge in [-0.25, -0.2) is 0 Å². The number of hydrogen-bond acceptors (Lipinski definition) is 2. The molecule has 1 aromatic heterocycles. The molecule has 5 nitrogen and oxygen atoms in total. The first-order valence-corrected chi connectivity index (χ1v) is 9.06. The van der Waals surface area contributed by atoms with Crippen molar-refractivity contribution in [1.82, 2.24) is 20.4 Å². The molecule has 0 bridgehead atoms. The van der Waals surface area contributed by atoms with Crippen molar-refractivity contribution < 1.29 is 0 Å². The molecule has 0 aliphatic carbocycles. The summed E-state index contributed by atoms with van der Waals surface area (Å²) >= 11 is 3.54. The summed E-state index contributed by atoms with van der Waals surface area (Å²) in [6.07, 6.45) is 6.05. The van der Waals surface area contributed by atoms with Crippen molar-refractivity contribution in [3.63, 3.8) is 0 Å². The summed E-state index contributed by atoms with van der Waals surface area (Å²) in [5.74, 6) is 1.39. The Hall–Kier alpha value is -1.09. The van der Waals surface area contributed by atoms with Crippen LogP contribution in [0.25, 0.3) is 0 Å². The van der Waals surface area contributed by atoms with Crippen molar-refractivity contribution >= 4 is 45.9 Å². The predicted octanol–water partition coefficient (Wildman–Crippen LogP) is 3.73. The third-order valence-corrected chi connectivity index (χ3v) is 4.48. The van der Waals surface area contributed by atoms with E-state index >= 15 is 0 Å². The molecule has 1 unspecified atom stereocenters. The van der Waals surface area contributed by atoms with Gasteiger partial charge in [0.2, 0.25) is 0 Å². The van der Waals surface area contributed by atoms with Crippen molar-refractivity contribution in [3.8, 4) is 0 Å². The lowest BCUT2D eigenvalue weighted by molar-refractivity contribution is 0.493. The van der Waals surface area contributed by atoms with E-state index in [1.54, 1.807) is 11.7 Å². The molecule has 0 radical (unpaired) electrons. The highest BCUT2D eigenvalue weighted by Crippen LogP contribution is 2.16. The molecule has 0 saturated heterocycles. The Morgan fingerprint density at radius 2 is 2.12 bits per heavy atom. The average molecular weight is 520 g/mol. The standard InChI is InChI=1S/C18H26BrN5.HI/c1-4-14(8-15-6-5-7-17(19)9-15)10-21-18(20-2)22-11-16-12-23-24(3)13-16;/h5-7,9,12-14H,4,8,10-11H2,1-3H3,(H2,20,21,22);1H. The second-order valence-corrected chi connectivity index (χ2v) is 6.85. The van der Waals surface area contributed by atoms with Gasteiger partial charge in [0.25, 0.3) is 0 Å². The lowest BCUT2D eigenvalue weighted by atomic mass is 9.97. The molecule has 0 spiro atoms. The lowest BCUT2D eigenvalue weighted by Crippen LogP contribution is -2.39. The van der Waals surface area contributed by atoms with Gasteiger partial charge in [-0.1, -0.05) is 41.4 Å². The second-order valence-electron chi connectivity index (χ2n) is 5.94. The summed E-state index contributed by atoms with van der Waals surface area (Å²) in [6.45, 7) is 3.85. The maximum absolute atomic E-state index is 4.30. The first-order chi connectivity index (χ1) is 11.6. The number of nitrogens with one attached hydrogen (secondary N) is 2. The number of nitrogens with zero attached hydrogens (tertiary/aromatic N) is 3. The predicted molar refractivity (Wildman–Crippen MR) is 118 cm³/mol. The molecule has 2 aromatic rings. The average Bonchev–Trinajstić information content (AvgIpc) is 2.99. The molecule has 0 amide bonds. The molecule has 2 rings (SSSR count). The van der Waals surface area contributed by atoms with Gasteiger partial charge in [0, 0.05) is 43.4 Å². The van der Waals surface area contributed by atoms with Crippen LogP contribution < -0.4 is 10.6 Å². The normalized spacial score (nSPS) is 12.4. The van der Waals surface area contributed by atoms with Gasteiger partial charge >= 0.3 is 0 Å². The molecule has 25 heavy (non-hydrogen) atoms. The SMILES string of the molecule is CCC(CNC(=NC)NCc1cnn(C)c1)Cc1cccc(Br)c1.I. The number of rotatable bonds is 7. The van der Waals surface area contributed by atoms with Crippen LogP contribution in [0, 0.1) is 5.92 Å². The number of hydrogen-bond donors (Lipinski definition) is 2. The fourth-order valence-corrected chi connectivity index (χ4v) is 3.02. The number of aryl methyl sites for hydroxylation is 1. The number of aromatic nitrogens is 2. The van der Waals surface area contributed by atoms with E-state index in [-0.39, 0.29) is 24.0 Å². The largest absolute Gasteiger partial charge is 0.356 e. The molecule has 0 fully saturated rings. The summed E-state index contributed by atoms with van der Waals surface area (Å²) in [5.41, 5.74) is 2.50. The van der Waals surface area contributed by atoms with Gasteiger partial charge in [-0.2, -0.15) is 5.10 Å². The van der Waals surface area contributed by atoms with Crippen LogP contribution in [0.15, 0.2) is 46.1 Å². The molecule has 1 atom stereocenters. The van der Waals surface area contributed by atoms with Crippen molar-refractivity contribution in [3.05, 3.63) is 52.3 Å². The van der Waals surface area contributed by atoms with Gasteiger partial charge in [0.15, 0.2) is 5.96 Å². The van der Waals surface area contributed by atoms with Gasteiger partial charge in [-0.05, 0) is 30.0 Å². The smallest absolute Gasteiger partial charge is 0.191 e. The second kappa shape index (κ2) is 11.5. The number of benzene rings is 1. The van der Waals surface area contributed by atoms with Crippen LogP contribution in [0.5, 0.6) is 0 Å². The van der Waals surface area contributed by atoms with E-state index in [1.165, 1.54) is 5.56 Å². The van der Waals surface area contributed by atoms with E-state index in [1.807, 2.05) is 19.4 Å². The fourth-order valence-electron chi connectivity index (χ4n) is 2.57. The topological polar surface area (TPSA) is 54.2 Å². The third kappa shape index (κ3) is 7.77. The maximum atomic E-state index is 4.30. The van der Waals surface area contributed by atoms with E-state index in [0.29, 0.717) is 5.92 Å². The van der Waals surface area contributed by atoms with Crippen LogP contribution in [0.4, 0.5) is 0 Å².